The second kappa shape index (κ2) is 11.4. The molecule has 0 bridgehead atoms. The van der Waals surface area contributed by atoms with Crippen molar-refractivity contribution in [3.8, 4) is 0 Å². The van der Waals surface area contributed by atoms with Gasteiger partial charge >= 0.3 is 14.9 Å². The number of hydrogen-bond acceptors (Lipinski definition) is 4. The van der Waals surface area contributed by atoms with Crippen LogP contribution >= 0.6 is 0 Å². The molecule has 0 aromatic carbocycles. The van der Waals surface area contributed by atoms with Gasteiger partial charge in [-0.05, 0) is 58.8 Å². The largest absolute Gasteiger partial charge is 0.500 e. The van der Waals surface area contributed by atoms with E-state index in [9.17, 15) is 9.90 Å². The van der Waals surface area contributed by atoms with Gasteiger partial charge in [0.25, 0.3) is 0 Å². The summed E-state index contributed by atoms with van der Waals surface area (Å²) in [5.74, 6) is 0.871. The molecule has 160 valence electrons. The molecular weight excluding hydrogens is 362 g/mol. The van der Waals surface area contributed by atoms with Crippen LogP contribution < -0.4 is 0 Å². The number of rotatable bonds is 12. The van der Waals surface area contributed by atoms with E-state index in [0.29, 0.717) is 50.7 Å². The van der Waals surface area contributed by atoms with Crippen molar-refractivity contribution >= 4 is 14.9 Å². The van der Waals surface area contributed by atoms with Crippen LogP contribution in [0, 0.1) is 11.8 Å². The summed E-state index contributed by atoms with van der Waals surface area (Å²) in [6, 6.07) is 0.648. The molecule has 6 nitrogen and oxygen atoms in total. The third-order valence-electron chi connectivity index (χ3n) is 5.86. The molecule has 1 N–H and O–H groups in total. The molecule has 0 heterocycles. The average Bonchev–Trinajstić information content (AvgIpc) is 2.59. The van der Waals surface area contributed by atoms with Crippen LogP contribution in [0.1, 0.15) is 73.6 Å². The number of nitrogens with zero attached hydrogens (tertiary/aromatic N) is 1. The van der Waals surface area contributed by atoms with Gasteiger partial charge in [0.1, 0.15) is 0 Å². The fourth-order valence-electron chi connectivity index (χ4n) is 4.75. The molecule has 1 aliphatic rings. The van der Waals surface area contributed by atoms with E-state index >= 15 is 0 Å². The minimum Gasteiger partial charge on any atom is -0.465 e. The molecule has 27 heavy (non-hydrogen) atoms. The van der Waals surface area contributed by atoms with E-state index in [4.69, 9.17) is 13.3 Å². The van der Waals surface area contributed by atoms with Crippen LogP contribution in [0.25, 0.3) is 0 Å². The molecule has 0 saturated heterocycles. The Kier molecular flexibility index (Phi) is 10.3. The predicted molar refractivity (Wildman–Crippen MR) is 110 cm³/mol. The Morgan fingerprint density at radius 3 is 2.15 bits per heavy atom. The molecule has 1 amide bonds. The molecule has 0 radical (unpaired) electrons. The molecule has 7 heteroatoms. The minimum atomic E-state index is -2.73. The second-order valence-corrected chi connectivity index (χ2v) is 10.7. The minimum absolute atomic E-state index is 0.300. The lowest BCUT2D eigenvalue weighted by Gasteiger charge is -2.50. The smallest absolute Gasteiger partial charge is 0.465 e. The Labute approximate surface area is 166 Å². The summed E-state index contributed by atoms with van der Waals surface area (Å²) in [5, 5.41) is 9.97. The van der Waals surface area contributed by atoms with Crippen LogP contribution in [0.4, 0.5) is 4.79 Å². The maximum Gasteiger partial charge on any atom is 0.500 e. The first-order chi connectivity index (χ1) is 12.8. The Bertz CT molecular complexity index is 431. The van der Waals surface area contributed by atoms with E-state index in [0.717, 1.165) is 19.3 Å². The first-order valence-corrected chi connectivity index (χ1v) is 12.6. The highest BCUT2D eigenvalue weighted by molar-refractivity contribution is 6.60. The van der Waals surface area contributed by atoms with Gasteiger partial charge in [-0.3, -0.25) is 0 Å². The molecule has 0 aliphatic heterocycles. The van der Waals surface area contributed by atoms with E-state index in [2.05, 4.69) is 20.8 Å². The average molecular weight is 404 g/mol. The molecule has 0 spiro atoms. The molecule has 1 saturated carbocycles. The van der Waals surface area contributed by atoms with Crippen molar-refractivity contribution in [2.45, 2.75) is 85.2 Å². The van der Waals surface area contributed by atoms with Crippen molar-refractivity contribution in [3.05, 3.63) is 0 Å². The number of amides is 1. The van der Waals surface area contributed by atoms with Gasteiger partial charge < -0.3 is 23.3 Å². The molecular formula is C20H41NO5Si. The highest BCUT2D eigenvalue weighted by Gasteiger charge is 2.46. The van der Waals surface area contributed by atoms with Crippen molar-refractivity contribution in [3.63, 3.8) is 0 Å². The SMILES string of the molecule is CCO[Si](CCCN(C(=O)O)C1(C)CCCCC1C(C)C)(OCC)OCC. The zero-order valence-corrected chi connectivity index (χ0v) is 19.3. The van der Waals surface area contributed by atoms with Gasteiger partial charge in [-0.2, -0.15) is 0 Å². The van der Waals surface area contributed by atoms with Crippen molar-refractivity contribution in [1.82, 2.24) is 4.90 Å². The maximum atomic E-state index is 12.1. The zero-order valence-electron chi connectivity index (χ0n) is 18.3. The number of carboxylic acid groups (broad SMARTS) is 1. The first-order valence-electron chi connectivity index (χ1n) is 10.7. The third-order valence-corrected chi connectivity index (χ3v) is 9.01. The quantitative estimate of drug-likeness (QED) is 0.464. The van der Waals surface area contributed by atoms with Crippen LogP contribution in [-0.4, -0.2) is 56.8 Å². The van der Waals surface area contributed by atoms with E-state index in [-0.39, 0.29) is 5.54 Å². The van der Waals surface area contributed by atoms with Crippen molar-refractivity contribution in [1.29, 1.82) is 0 Å². The van der Waals surface area contributed by atoms with Crippen molar-refractivity contribution in [2.24, 2.45) is 11.8 Å². The summed E-state index contributed by atoms with van der Waals surface area (Å²) in [4.78, 5) is 13.8. The molecule has 0 aromatic rings. The molecule has 0 aromatic heterocycles. The summed E-state index contributed by atoms with van der Waals surface area (Å²) in [6.45, 7) is 14.5. The lowest BCUT2D eigenvalue weighted by Crippen LogP contribution is -2.57. The van der Waals surface area contributed by atoms with E-state index in [1.807, 2.05) is 20.8 Å². The molecule has 1 rings (SSSR count). The van der Waals surface area contributed by atoms with Crippen molar-refractivity contribution < 1.29 is 23.2 Å². The van der Waals surface area contributed by atoms with Gasteiger partial charge in [0.15, 0.2) is 0 Å². The Morgan fingerprint density at radius 1 is 1.15 bits per heavy atom. The summed E-state index contributed by atoms with van der Waals surface area (Å²) < 4.78 is 17.7. The molecule has 1 fully saturated rings. The maximum absolute atomic E-state index is 12.1. The molecule has 1 aliphatic carbocycles. The summed E-state index contributed by atoms with van der Waals surface area (Å²) in [6.07, 6.45) is 4.21. The summed E-state index contributed by atoms with van der Waals surface area (Å²) in [7, 11) is -2.73. The van der Waals surface area contributed by atoms with Gasteiger partial charge in [-0.15, -0.1) is 0 Å². The summed E-state index contributed by atoms with van der Waals surface area (Å²) in [5.41, 5.74) is -0.300. The topological polar surface area (TPSA) is 68.2 Å². The summed E-state index contributed by atoms with van der Waals surface area (Å²) >= 11 is 0. The van der Waals surface area contributed by atoms with Crippen LogP contribution in [0.3, 0.4) is 0 Å². The lowest BCUT2D eigenvalue weighted by atomic mass is 9.68. The van der Waals surface area contributed by atoms with Crippen LogP contribution in [-0.2, 0) is 13.3 Å². The Hall–Kier alpha value is -0.633. The number of carbonyl (C=O) groups is 1. The van der Waals surface area contributed by atoms with Gasteiger partial charge in [-0.1, -0.05) is 26.7 Å². The standard InChI is InChI=1S/C20H41NO5Si/c1-7-24-27(25-8-2,26-9-3)16-12-15-21(19(22)23)20(6)14-11-10-13-18(20)17(4)5/h17-18H,7-16H2,1-6H3,(H,22,23). The fourth-order valence-corrected chi connectivity index (χ4v) is 7.35. The fraction of sp³-hybridized carbons (Fsp3) is 0.950. The molecule has 2 atom stereocenters. The normalized spacial score (nSPS) is 23.6. The van der Waals surface area contributed by atoms with E-state index in [1.165, 1.54) is 6.42 Å². The van der Waals surface area contributed by atoms with E-state index < -0.39 is 14.9 Å². The Balaban J connectivity index is 2.88. The van der Waals surface area contributed by atoms with Crippen LogP contribution in [0.15, 0.2) is 0 Å². The molecule has 2 unspecified atom stereocenters. The van der Waals surface area contributed by atoms with E-state index in [1.54, 1.807) is 4.90 Å². The van der Waals surface area contributed by atoms with Crippen LogP contribution in [0.5, 0.6) is 0 Å². The zero-order chi connectivity index (χ0) is 20.5. The highest BCUT2D eigenvalue weighted by Crippen LogP contribution is 2.42. The monoisotopic (exact) mass is 403 g/mol. The van der Waals surface area contributed by atoms with Gasteiger partial charge in [-0.25, -0.2) is 4.79 Å². The lowest BCUT2D eigenvalue weighted by molar-refractivity contribution is 0.00177. The van der Waals surface area contributed by atoms with Crippen molar-refractivity contribution in [2.75, 3.05) is 26.4 Å². The first kappa shape index (κ1) is 24.4. The van der Waals surface area contributed by atoms with Gasteiger partial charge in [0.2, 0.25) is 0 Å². The van der Waals surface area contributed by atoms with Gasteiger partial charge in [0.05, 0.1) is 0 Å². The second-order valence-electron chi connectivity index (χ2n) is 7.97. The van der Waals surface area contributed by atoms with Gasteiger partial charge in [0, 0.05) is 37.9 Å². The predicted octanol–water partition coefficient (Wildman–Crippen LogP) is 5.01. The number of hydrogen-bond donors (Lipinski definition) is 1. The Morgan fingerprint density at radius 2 is 1.70 bits per heavy atom. The third kappa shape index (κ3) is 6.44. The van der Waals surface area contributed by atoms with Crippen LogP contribution in [0.2, 0.25) is 6.04 Å². The highest BCUT2D eigenvalue weighted by atomic mass is 28.4.